The van der Waals surface area contributed by atoms with E-state index in [4.69, 9.17) is 10.3 Å². The van der Waals surface area contributed by atoms with E-state index >= 15 is 0 Å². The van der Waals surface area contributed by atoms with E-state index in [1.54, 1.807) is 24.1 Å². The first-order valence-corrected chi connectivity index (χ1v) is 5.66. The fourth-order valence-corrected chi connectivity index (χ4v) is 1.76. The minimum absolute atomic E-state index is 0.316. The minimum atomic E-state index is -0.420. The monoisotopic (exact) mass is 263 g/mol. The maximum atomic E-state index is 13.1. The molecule has 1 heterocycles. The standard InChI is InChI=1S/C13H14FN3O2/c1-17(10-4-2-3-9(14)7-10)8-12-11(5-6-19-12)13(18)16-15/h2-7H,8,15H2,1H3,(H,16,18). The van der Waals surface area contributed by atoms with Gasteiger partial charge in [0.25, 0.3) is 5.91 Å². The van der Waals surface area contributed by atoms with Crippen LogP contribution in [0.25, 0.3) is 0 Å². The number of amides is 1. The molecular weight excluding hydrogens is 249 g/mol. The van der Waals surface area contributed by atoms with Gasteiger partial charge in [-0.1, -0.05) is 6.07 Å². The Bertz CT molecular complexity index is 583. The van der Waals surface area contributed by atoms with E-state index < -0.39 is 5.91 Å². The van der Waals surface area contributed by atoms with Crippen LogP contribution in [-0.2, 0) is 6.54 Å². The van der Waals surface area contributed by atoms with E-state index in [9.17, 15) is 9.18 Å². The Morgan fingerprint density at radius 2 is 2.26 bits per heavy atom. The summed E-state index contributed by atoms with van der Waals surface area (Å²) in [5, 5.41) is 0. The van der Waals surface area contributed by atoms with Crippen molar-refractivity contribution in [1.82, 2.24) is 5.43 Å². The van der Waals surface area contributed by atoms with Crippen LogP contribution in [-0.4, -0.2) is 13.0 Å². The van der Waals surface area contributed by atoms with E-state index in [1.807, 2.05) is 0 Å². The number of nitrogens with one attached hydrogen (secondary N) is 1. The van der Waals surface area contributed by atoms with Gasteiger partial charge >= 0.3 is 0 Å². The molecule has 0 aliphatic heterocycles. The second kappa shape index (κ2) is 5.53. The average Bonchev–Trinajstić information content (AvgIpc) is 2.86. The lowest BCUT2D eigenvalue weighted by molar-refractivity contribution is 0.0951. The SMILES string of the molecule is CN(Cc1occc1C(=O)NN)c1cccc(F)c1. The van der Waals surface area contributed by atoms with Gasteiger partial charge in [-0.05, 0) is 24.3 Å². The first kappa shape index (κ1) is 13.1. The van der Waals surface area contributed by atoms with Crippen LogP contribution in [0.4, 0.5) is 10.1 Å². The fraction of sp³-hybridized carbons (Fsp3) is 0.154. The minimum Gasteiger partial charge on any atom is -0.467 e. The van der Waals surface area contributed by atoms with Crippen LogP contribution in [0.5, 0.6) is 0 Å². The van der Waals surface area contributed by atoms with Gasteiger partial charge in [0.05, 0.1) is 18.4 Å². The molecule has 2 rings (SSSR count). The van der Waals surface area contributed by atoms with Crippen molar-refractivity contribution in [3.63, 3.8) is 0 Å². The third-order valence-electron chi connectivity index (χ3n) is 2.75. The Morgan fingerprint density at radius 3 is 2.95 bits per heavy atom. The Hall–Kier alpha value is -2.34. The number of halogens is 1. The van der Waals surface area contributed by atoms with Gasteiger partial charge in [0.15, 0.2) is 0 Å². The zero-order chi connectivity index (χ0) is 13.8. The lowest BCUT2D eigenvalue weighted by Gasteiger charge is -2.18. The summed E-state index contributed by atoms with van der Waals surface area (Å²) in [6.45, 7) is 0.333. The van der Waals surface area contributed by atoms with Crippen LogP contribution in [0, 0.1) is 5.82 Å². The molecule has 0 saturated heterocycles. The molecule has 0 aliphatic rings. The molecule has 0 unspecified atom stereocenters. The second-order valence-corrected chi connectivity index (χ2v) is 4.07. The predicted octanol–water partition coefficient (Wildman–Crippen LogP) is 1.66. The normalized spacial score (nSPS) is 10.3. The summed E-state index contributed by atoms with van der Waals surface area (Å²) in [5.74, 6) is 4.82. The van der Waals surface area contributed by atoms with Crippen molar-refractivity contribution < 1.29 is 13.6 Å². The molecule has 0 saturated carbocycles. The number of hydrazine groups is 1. The molecule has 5 nitrogen and oxygen atoms in total. The first-order chi connectivity index (χ1) is 9.11. The summed E-state index contributed by atoms with van der Waals surface area (Å²) in [4.78, 5) is 13.3. The van der Waals surface area contributed by atoms with E-state index in [0.717, 1.165) is 0 Å². The Balaban J connectivity index is 2.17. The third kappa shape index (κ3) is 2.92. The van der Waals surface area contributed by atoms with Gasteiger partial charge in [-0.3, -0.25) is 10.2 Å². The largest absolute Gasteiger partial charge is 0.467 e. The maximum Gasteiger partial charge on any atom is 0.268 e. The summed E-state index contributed by atoms with van der Waals surface area (Å²) in [6, 6.07) is 7.71. The Labute approximate surface area is 109 Å². The van der Waals surface area contributed by atoms with Crippen molar-refractivity contribution in [2.24, 2.45) is 5.84 Å². The average molecular weight is 263 g/mol. The van der Waals surface area contributed by atoms with Gasteiger partial charge in [0.2, 0.25) is 0 Å². The fourth-order valence-electron chi connectivity index (χ4n) is 1.76. The number of nitrogens with two attached hydrogens (primary N) is 1. The van der Waals surface area contributed by atoms with Crippen LogP contribution in [0.2, 0.25) is 0 Å². The highest BCUT2D eigenvalue weighted by Crippen LogP contribution is 2.19. The van der Waals surface area contributed by atoms with Crippen molar-refractivity contribution in [3.8, 4) is 0 Å². The molecule has 1 amide bonds. The van der Waals surface area contributed by atoms with Crippen LogP contribution in [0.15, 0.2) is 41.0 Å². The third-order valence-corrected chi connectivity index (χ3v) is 2.75. The number of carbonyl (C=O) groups is 1. The van der Waals surface area contributed by atoms with Crippen molar-refractivity contribution in [2.45, 2.75) is 6.54 Å². The summed E-state index contributed by atoms with van der Waals surface area (Å²) in [6.07, 6.45) is 1.42. The predicted molar refractivity (Wildman–Crippen MR) is 68.9 cm³/mol. The molecule has 0 spiro atoms. The van der Waals surface area contributed by atoms with Crippen molar-refractivity contribution in [2.75, 3.05) is 11.9 Å². The quantitative estimate of drug-likeness (QED) is 0.500. The molecule has 100 valence electrons. The van der Waals surface area contributed by atoms with Crippen molar-refractivity contribution >= 4 is 11.6 Å². The molecule has 0 atom stereocenters. The Kier molecular flexibility index (Phi) is 3.82. The van der Waals surface area contributed by atoms with Gasteiger partial charge in [-0.15, -0.1) is 0 Å². The van der Waals surface area contributed by atoms with Gasteiger partial charge < -0.3 is 9.32 Å². The lowest BCUT2D eigenvalue weighted by Crippen LogP contribution is -2.31. The number of rotatable bonds is 4. The number of furan rings is 1. The smallest absolute Gasteiger partial charge is 0.268 e. The summed E-state index contributed by atoms with van der Waals surface area (Å²) in [5.41, 5.74) is 3.11. The van der Waals surface area contributed by atoms with Gasteiger partial charge in [-0.2, -0.15) is 0 Å². The zero-order valence-corrected chi connectivity index (χ0v) is 10.4. The molecule has 2 aromatic rings. The van der Waals surface area contributed by atoms with E-state index in [1.165, 1.54) is 24.5 Å². The van der Waals surface area contributed by atoms with Gasteiger partial charge in [-0.25, -0.2) is 10.2 Å². The maximum absolute atomic E-state index is 13.1. The van der Waals surface area contributed by atoms with Crippen molar-refractivity contribution in [3.05, 3.63) is 53.7 Å². The number of benzene rings is 1. The number of anilines is 1. The van der Waals surface area contributed by atoms with Crippen LogP contribution in [0.3, 0.4) is 0 Å². The van der Waals surface area contributed by atoms with Gasteiger partial charge in [0.1, 0.15) is 11.6 Å². The number of nitrogens with zero attached hydrogens (tertiary/aromatic N) is 1. The molecule has 0 fully saturated rings. The molecule has 1 aromatic heterocycles. The van der Waals surface area contributed by atoms with Crippen LogP contribution < -0.4 is 16.2 Å². The van der Waals surface area contributed by atoms with Crippen LogP contribution in [0.1, 0.15) is 16.1 Å². The zero-order valence-electron chi connectivity index (χ0n) is 10.4. The number of nitrogen functional groups attached to an aromatic ring is 1. The molecule has 19 heavy (non-hydrogen) atoms. The number of hydrogen-bond acceptors (Lipinski definition) is 4. The molecule has 0 aliphatic carbocycles. The summed E-state index contributed by atoms with van der Waals surface area (Å²) >= 11 is 0. The van der Waals surface area contributed by atoms with E-state index in [0.29, 0.717) is 23.6 Å². The molecule has 3 N–H and O–H groups in total. The molecule has 0 bridgehead atoms. The number of hydrogen-bond donors (Lipinski definition) is 2. The summed E-state index contributed by atoms with van der Waals surface area (Å²) < 4.78 is 18.4. The highest BCUT2D eigenvalue weighted by Gasteiger charge is 2.15. The molecular formula is C13H14FN3O2. The number of carbonyl (C=O) groups excluding carboxylic acids is 1. The molecule has 6 heteroatoms. The van der Waals surface area contributed by atoms with E-state index in [2.05, 4.69) is 5.43 Å². The van der Waals surface area contributed by atoms with Crippen molar-refractivity contribution in [1.29, 1.82) is 0 Å². The summed E-state index contributed by atoms with van der Waals surface area (Å²) in [7, 11) is 1.78. The highest BCUT2D eigenvalue weighted by molar-refractivity contribution is 5.94. The van der Waals surface area contributed by atoms with Gasteiger partial charge in [0, 0.05) is 12.7 Å². The van der Waals surface area contributed by atoms with E-state index in [-0.39, 0.29) is 5.82 Å². The topological polar surface area (TPSA) is 71.5 Å². The van der Waals surface area contributed by atoms with Crippen LogP contribution >= 0.6 is 0 Å². The highest BCUT2D eigenvalue weighted by atomic mass is 19.1. The lowest BCUT2D eigenvalue weighted by atomic mass is 10.2. The second-order valence-electron chi connectivity index (χ2n) is 4.07. The Morgan fingerprint density at radius 1 is 1.47 bits per heavy atom. The molecule has 0 radical (unpaired) electrons. The first-order valence-electron chi connectivity index (χ1n) is 5.66. The molecule has 1 aromatic carbocycles.